The number of hydrogen-bond donors (Lipinski definition) is 1. The third kappa shape index (κ3) is 6.77. The molecule has 0 unspecified atom stereocenters. The van der Waals surface area contributed by atoms with Crippen LogP contribution in [-0.4, -0.2) is 45.8 Å². The Kier molecular flexibility index (Phi) is 7.89. The Hall–Kier alpha value is -1.20. The molecular weight excluding hydrogens is 642 g/mol. The Morgan fingerprint density at radius 1 is 1.26 bits per heavy atom. The van der Waals surface area contributed by atoms with Gasteiger partial charge in [0.2, 0.25) is 16.6 Å². The number of anilines is 1. The molecule has 9 nitrogen and oxygen atoms in total. The number of nitrogens with zero attached hydrogens (tertiary/aromatic N) is 2. The predicted molar refractivity (Wildman–Crippen MR) is 142 cm³/mol. The van der Waals surface area contributed by atoms with Gasteiger partial charge in [-0.15, -0.1) is 0 Å². The Bertz CT molecular complexity index is 1560. The van der Waals surface area contributed by atoms with Crippen LogP contribution < -0.4 is 14.2 Å². The Balaban J connectivity index is 1.73. The van der Waals surface area contributed by atoms with Crippen molar-refractivity contribution in [3.63, 3.8) is 0 Å². The van der Waals surface area contributed by atoms with Crippen molar-refractivity contribution in [2.75, 3.05) is 23.5 Å². The summed E-state index contributed by atoms with van der Waals surface area (Å²) in [4.78, 5) is 16.0. The number of fused-ring (bicyclic) bond motifs is 2. The number of amides is 1. The first-order valence-corrected chi connectivity index (χ1v) is 16.9. The fourth-order valence-electron chi connectivity index (χ4n) is 3.42. The minimum atomic E-state index is -4.35. The molecule has 16 heteroatoms. The van der Waals surface area contributed by atoms with Crippen LogP contribution in [0.1, 0.15) is 11.4 Å². The molecule has 4 rings (SSSR count). The maximum atomic E-state index is 12.4. The lowest BCUT2D eigenvalue weighted by atomic mass is 10.2. The molecule has 188 valence electrons. The molecule has 3 aromatic rings. The van der Waals surface area contributed by atoms with E-state index >= 15 is 0 Å². The smallest absolute Gasteiger partial charge is 0.299 e. The van der Waals surface area contributed by atoms with Gasteiger partial charge in [0.1, 0.15) is 4.70 Å². The minimum absolute atomic E-state index is 0.124. The van der Waals surface area contributed by atoms with Gasteiger partial charge in [0.25, 0.3) is 15.7 Å². The van der Waals surface area contributed by atoms with Gasteiger partial charge >= 0.3 is 0 Å². The van der Waals surface area contributed by atoms with E-state index in [1.807, 2.05) is 27.8 Å². The molecule has 35 heavy (non-hydrogen) atoms. The number of thioether (sulfide) groups is 1. The summed E-state index contributed by atoms with van der Waals surface area (Å²) < 4.78 is 61.9. The summed E-state index contributed by atoms with van der Waals surface area (Å²) in [6.45, 7) is 0.0600. The molecule has 0 saturated carbocycles. The zero-order chi connectivity index (χ0) is 25.5. The first-order chi connectivity index (χ1) is 16.3. The summed E-state index contributed by atoms with van der Waals surface area (Å²) in [7, 11) is -8.07. The Labute approximate surface area is 227 Å². The number of nitrogens with one attached hydrogen (secondary N) is 1. The van der Waals surface area contributed by atoms with Crippen molar-refractivity contribution in [3.8, 4) is 0 Å². The van der Waals surface area contributed by atoms with Crippen molar-refractivity contribution >= 4 is 109 Å². The van der Waals surface area contributed by atoms with E-state index in [-0.39, 0.29) is 19.5 Å². The predicted octanol–water partition coefficient (Wildman–Crippen LogP) is 3.59. The Morgan fingerprint density at radius 3 is 2.69 bits per heavy atom. The second-order valence-electron chi connectivity index (χ2n) is 7.51. The average molecular weight is 659 g/mol. The summed E-state index contributed by atoms with van der Waals surface area (Å²) >= 11 is 13.9. The summed E-state index contributed by atoms with van der Waals surface area (Å²) in [6, 6.07) is 7.31. The van der Waals surface area contributed by atoms with Gasteiger partial charge in [-0.2, -0.15) is 4.57 Å². The van der Waals surface area contributed by atoms with Crippen LogP contribution in [0.3, 0.4) is 0 Å². The van der Waals surface area contributed by atoms with E-state index in [1.165, 1.54) is 34.4 Å². The van der Waals surface area contributed by atoms with Crippen LogP contribution in [0, 0.1) is 0 Å². The van der Waals surface area contributed by atoms with Crippen LogP contribution in [0.4, 0.5) is 5.69 Å². The number of thiazole rings is 1. The summed E-state index contributed by atoms with van der Waals surface area (Å²) in [5, 5.41) is 1.97. The molecule has 1 amide bonds. The zero-order valence-corrected chi connectivity index (χ0v) is 24.3. The molecule has 1 aromatic carbocycles. The molecule has 0 atom stereocenters. The highest BCUT2D eigenvalue weighted by atomic mass is 79.9. The molecule has 0 spiro atoms. The minimum Gasteiger partial charge on any atom is -0.748 e. The third-order valence-electron chi connectivity index (χ3n) is 4.69. The van der Waals surface area contributed by atoms with Gasteiger partial charge < -0.3 is 9.45 Å². The topological polar surface area (TPSA) is 128 Å². The molecule has 2 aromatic heterocycles. The average Bonchev–Trinajstić information content (AvgIpc) is 3.32. The van der Waals surface area contributed by atoms with Crippen LogP contribution in [-0.2, 0) is 31.5 Å². The van der Waals surface area contributed by atoms with Crippen molar-refractivity contribution in [2.45, 2.75) is 17.9 Å². The van der Waals surface area contributed by atoms with E-state index in [1.54, 1.807) is 16.7 Å². The highest BCUT2D eigenvalue weighted by molar-refractivity contribution is 9.11. The molecule has 0 saturated heterocycles. The van der Waals surface area contributed by atoms with Crippen LogP contribution in [0.5, 0.6) is 0 Å². The van der Waals surface area contributed by atoms with Crippen molar-refractivity contribution in [2.24, 2.45) is 0 Å². The number of sulfonamides is 1. The lowest BCUT2D eigenvalue weighted by Crippen LogP contribution is -2.45. The van der Waals surface area contributed by atoms with Gasteiger partial charge in [-0.25, -0.2) is 21.6 Å². The summed E-state index contributed by atoms with van der Waals surface area (Å²) in [6.07, 6.45) is 2.91. The monoisotopic (exact) mass is 657 g/mol. The second kappa shape index (κ2) is 10.3. The summed E-state index contributed by atoms with van der Waals surface area (Å²) in [5.74, 6) is -1.17. The normalized spacial score (nSPS) is 15.2. The maximum absolute atomic E-state index is 12.4. The molecule has 3 heterocycles. The lowest BCUT2D eigenvalue weighted by molar-refractivity contribution is -0.653. The second-order valence-corrected chi connectivity index (χ2v) is 15.8. The molecule has 0 bridgehead atoms. The van der Waals surface area contributed by atoms with Crippen LogP contribution >= 0.6 is 62.0 Å². The van der Waals surface area contributed by atoms with Gasteiger partial charge in [-0.1, -0.05) is 46.0 Å². The lowest BCUT2D eigenvalue weighted by Gasteiger charge is -2.20. The molecule has 0 radical (unpaired) electrons. The van der Waals surface area contributed by atoms with E-state index < -0.39 is 31.8 Å². The van der Waals surface area contributed by atoms with E-state index in [9.17, 15) is 26.2 Å². The van der Waals surface area contributed by atoms with E-state index in [4.69, 9.17) is 11.6 Å². The largest absolute Gasteiger partial charge is 0.748 e. The first-order valence-electron chi connectivity index (χ1n) is 9.81. The van der Waals surface area contributed by atoms with Crippen LogP contribution in [0.25, 0.3) is 15.6 Å². The number of benzene rings is 1. The van der Waals surface area contributed by atoms with Crippen LogP contribution in [0.2, 0.25) is 5.02 Å². The fraction of sp³-hybridized carbons (Fsp3) is 0.263. The number of hydrogen-bond acceptors (Lipinski definition) is 10. The molecule has 0 fully saturated rings. The van der Waals surface area contributed by atoms with Crippen molar-refractivity contribution in [3.05, 3.63) is 43.1 Å². The number of carbonyl (C=O) groups excluding carboxylic acids is 1. The van der Waals surface area contributed by atoms with Gasteiger partial charge in [0.15, 0.2) is 0 Å². The summed E-state index contributed by atoms with van der Waals surface area (Å²) in [5.41, 5.74) is 0.791. The van der Waals surface area contributed by atoms with E-state index in [2.05, 4.69) is 15.9 Å². The van der Waals surface area contributed by atoms with Gasteiger partial charge in [-0.05, 0) is 46.6 Å². The SMILES string of the molecule is CS(=O)(=O)NC(=O)C[n+]1c(C=C2Sc3ccc(Cl)cc3N2CCCS(=O)(=O)[O-])sc2cc(Br)sc21. The van der Waals surface area contributed by atoms with Gasteiger partial charge in [0.05, 0.1) is 37.0 Å². The quantitative estimate of drug-likeness (QED) is 0.288. The number of halogens is 2. The van der Waals surface area contributed by atoms with Crippen molar-refractivity contribution in [1.82, 2.24) is 4.72 Å². The molecular formula is C19H17BrClN3O6S5. The fourth-order valence-corrected chi connectivity index (χ4v) is 8.78. The number of aromatic nitrogens is 1. The number of carbonyl (C=O) groups is 1. The van der Waals surface area contributed by atoms with E-state index in [0.717, 1.165) is 35.2 Å². The molecule has 0 aliphatic carbocycles. The number of thiophene rings is 1. The van der Waals surface area contributed by atoms with E-state index in [0.29, 0.717) is 10.0 Å². The standard InChI is InChI=1S/C19H17BrClN3O6S5/c1-34(26,27)22-16(25)10-24-18(32-14-8-15(20)33-19(14)24)9-17-23(5-2-6-35(28,29)30)12-7-11(21)3-4-13(12)31-17/h3-4,7-9H,2,5-6,10H2,1H3,(H-,22,25,28,29,30). The molecule has 1 aliphatic heterocycles. The molecule has 1 N–H and O–H groups in total. The van der Waals surface area contributed by atoms with Crippen LogP contribution in [0.15, 0.2) is 38.0 Å². The zero-order valence-electron chi connectivity index (χ0n) is 17.9. The van der Waals surface area contributed by atoms with Crippen molar-refractivity contribution in [1.29, 1.82) is 0 Å². The third-order valence-corrected chi connectivity index (χ3v) is 10.3. The highest BCUT2D eigenvalue weighted by Crippen LogP contribution is 2.48. The molecule has 1 aliphatic rings. The Morgan fingerprint density at radius 2 is 2.00 bits per heavy atom. The van der Waals surface area contributed by atoms with Crippen molar-refractivity contribution < 1.29 is 30.7 Å². The highest BCUT2D eigenvalue weighted by Gasteiger charge is 2.30. The maximum Gasteiger partial charge on any atom is 0.299 e. The number of rotatable bonds is 8. The van der Waals surface area contributed by atoms with Gasteiger partial charge in [-0.3, -0.25) is 4.79 Å². The van der Waals surface area contributed by atoms with Gasteiger partial charge in [0, 0.05) is 22.2 Å². The first kappa shape index (κ1) is 26.9.